The summed E-state index contributed by atoms with van der Waals surface area (Å²) in [4.78, 5) is 2.91. The highest BCUT2D eigenvalue weighted by atomic mass is 32.2. The zero-order chi connectivity index (χ0) is 22.1. The number of alkyl halides is 3. The molecule has 30 heavy (non-hydrogen) atoms. The van der Waals surface area contributed by atoms with Crippen LogP contribution in [0.15, 0.2) is 42.6 Å². The minimum Gasteiger partial charge on any atom is -0.359 e. The van der Waals surface area contributed by atoms with Crippen molar-refractivity contribution in [1.82, 2.24) is 4.98 Å². The molecule has 2 aromatic carbocycles. The Bertz CT molecular complexity index is 1210. The summed E-state index contributed by atoms with van der Waals surface area (Å²) in [5.41, 5.74) is 0.642. The van der Waals surface area contributed by atoms with Gasteiger partial charge in [-0.2, -0.15) is 18.4 Å². The van der Waals surface area contributed by atoms with E-state index in [0.29, 0.717) is 28.5 Å². The highest BCUT2D eigenvalue weighted by Crippen LogP contribution is 2.38. The van der Waals surface area contributed by atoms with E-state index in [1.807, 2.05) is 6.07 Å². The summed E-state index contributed by atoms with van der Waals surface area (Å²) in [6, 6.07) is 8.85. The van der Waals surface area contributed by atoms with Crippen molar-refractivity contribution < 1.29 is 26.0 Å². The second-order valence-corrected chi connectivity index (χ2v) is 8.61. The van der Waals surface area contributed by atoms with Crippen LogP contribution < -0.4 is 4.72 Å². The average molecular weight is 439 g/mol. The molecule has 0 fully saturated rings. The number of aromatic amines is 1. The Morgan fingerprint density at radius 3 is 2.43 bits per heavy atom. The maximum atomic E-state index is 14.2. The van der Waals surface area contributed by atoms with E-state index in [9.17, 15) is 26.0 Å². The number of rotatable bonds is 6. The third-order valence-corrected chi connectivity index (χ3v) is 5.23. The molecule has 1 aromatic heterocycles. The first-order valence-electron chi connectivity index (χ1n) is 8.82. The van der Waals surface area contributed by atoms with Crippen molar-refractivity contribution in [3.8, 4) is 6.07 Å². The number of aromatic nitrogens is 1. The second kappa shape index (κ2) is 7.99. The zero-order valence-corrected chi connectivity index (χ0v) is 16.5. The van der Waals surface area contributed by atoms with E-state index in [1.54, 1.807) is 6.20 Å². The number of anilines is 1. The molecular formula is C20H17F4N3O2S. The molecule has 0 radical (unpaired) electrons. The molecule has 158 valence electrons. The lowest BCUT2D eigenvalue weighted by Crippen LogP contribution is -2.10. The van der Waals surface area contributed by atoms with Crippen molar-refractivity contribution in [1.29, 1.82) is 5.26 Å². The van der Waals surface area contributed by atoms with Crippen molar-refractivity contribution in [3.63, 3.8) is 0 Å². The maximum Gasteiger partial charge on any atom is 0.416 e. The van der Waals surface area contributed by atoms with E-state index >= 15 is 0 Å². The molecule has 5 nitrogen and oxygen atoms in total. The van der Waals surface area contributed by atoms with E-state index in [2.05, 4.69) is 9.71 Å². The molecule has 0 aliphatic carbocycles. The van der Waals surface area contributed by atoms with Gasteiger partial charge in [-0.3, -0.25) is 4.72 Å². The number of nitriles is 1. The van der Waals surface area contributed by atoms with Crippen LogP contribution in [0.1, 0.15) is 35.4 Å². The lowest BCUT2D eigenvalue weighted by molar-refractivity contribution is -0.137. The van der Waals surface area contributed by atoms with Crippen LogP contribution in [0.3, 0.4) is 0 Å². The minimum absolute atomic E-state index is 0.0187. The van der Waals surface area contributed by atoms with Crippen LogP contribution in [0.2, 0.25) is 0 Å². The molecule has 0 bridgehead atoms. The van der Waals surface area contributed by atoms with Crippen molar-refractivity contribution >= 4 is 26.6 Å². The highest BCUT2D eigenvalue weighted by molar-refractivity contribution is 7.92. The van der Waals surface area contributed by atoms with Gasteiger partial charge in [0.05, 0.1) is 29.1 Å². The second-order valence-electron chi connectivity index (χ2n) is 6.86. The number of hydrogen-bond acceptors (Lipinski definition) is 3. The monoisotopic (exact) mass is 439 g/mol. The molecule has 0 saturated heterocycles. The fraction of sp³-hybridized carbons (Fsp3) is 0.250. The van der Waals surface area contributed by atoms with Crippen LogP contribution in [-0.2, 0) is 16.2 Å². The molecule has 0 amide bonds. The zero-order valence-electron chi connectivity index (χ0n) is 15.7. The Balaban J connectivity index is 2.12. The number of halogens is 4. The van der Waals surface area contributed by atoms with Crippen LogP contribution >= 0.6 is 0 Å². The van der Waals surface area contributed by atoms with Crippen molar-refractivity contribution in [2.75, 3.05) is 11.0 Å². The Morgan fingerprint density at radius 2 is 1.87 bits per heavy atom. The highest BCUT2D eigenvalue weighted by Gasteiger charge is 2.30. The van der Waals surface area contributed by atoms with Crippen LogP contribution in [-0.4, -0.2) is 19.7 Å². The number of H-pyrrole nitrogens is 1. The number of benzene rings is 2. The third kappa shape index (κ3) is 4.74. The van der Waals surface area contributed by atoms with E-state index in [1.165, 1.54) is 18.2 Å². The molecule has 1 heterocycles. The Labute approximate surface area is 170 Å². The maximum absolute atomic E-state index is 14.2. The van der Waals surface area contributed by atoms with Crippen molar-refractivity contribution in [2.45, 2.75) is 24.9 Å². The average Bonchev–Trinajstić information content (AvgIpc) is 3.04. The molecule has 0 saturated carbocycles. The number of hydrogen-bond donors (Lipinski definition) is 2. The van der Waals surface area contributed by atoms with Crippen molar-refractivity contribution in [2.24, 2.45) is 0 Å². The lowest BCUT2D eigenvalue weighted by Gasteiger charge is -2.17. The van der Waals surface area contributed by atoms with Gasteiger partial charge in [0.2, 0.25) is 10.0 Å². The molecule has 3 aromatic rings. The first-order valence-corrected chi connectivity index (χ1v) is 10.7. The number of sulfonamides is 1. The summed E-state index contributed by atoms with van der Waals surface area (Å²) in [5, 5.41) is 9.37. The lowest BCUT2D eigenvalue weighted by atomic mass is 9.87. The number of nitrogens with zero attached hydrogens (tertiary/aromatic N) is 1. The Morgan fingerprint density at radius 1 is 1.20 bits per heavy atom. The van der Waals surface area contributed by atoms with Gasteiger partial charge >= 0.3 is 6.18 Å². The van der Waals surface area contributed by atoms with Gasteiger partial charge in [0, 0.05) is 30.0 Å². The molecule has 0 spiro atoms. The summed E-state index contributed by atoms with van der Waals surface area (Å²) in [7, 11) is -3.67. The minimum atomic E-state index is -4.48. The molecule has 3 rings (SSSR count). The van der Waals surface area contributed by atoms with E-state index < -0.39 is 33.5 Å². The predicted molar refractivity (Wildman–Crippen MR) is 105 cm³/mol. The number of nitrogens with one attached hydrogen (secondary N) is 2. The third-order valence-electron chi connectivity index (χ3n) is 4.64. The molecule has 2 N–H and O–H groups in total. The fourth-order valence-corrected chi connectivity index (χ4v) is 3.96. The fourth-order valence-electron chi connectivity index (χ4n) is 3.40. The smallest absolute Gasteiger partial charge is 0.359 e. The van der Waals surface area contributed by atoms with Gasteiger partial charge in [0.1, 0.15) is 5.82 Å². The molecule has 10 heteroatoms. The van der Waals surface area contributed by atoms with Crippen LogP contribution in [0, 0.1) is 17.1 Å². The van der Waals surface area contributed by atoms with Gasteiger partial charge in [-0.05, 0) is 35.7 Å². The van der Waals surface area contributed by atoms with Gasteiger partial charge in [0.15, 0.2) is 0 Å². The van der Waals surface area contributed by atoms with E-state index in [0.717, 1.165) is 24.5 Å². The molecule has 1 unspecified atom stereocenters. The normalized spacial score (nSPS) is 13.2. The van der Waals surface area contributed by atoms with Crippen LogP contribution in [0.4, 0.5) is 23.2 Å². The topological polar surface area (TPSA) is 85.8 Å². The molecular weight excluding hydrogens is 422 g/mol. The molecule has 0 aliphatic heterocycles. The van der Waals surface area contributed by atoms with E-state index in [4.69, 9.17) is 5.26 Å². The van der Waals surface area contributed by atoms with Crippen LogP contribution in [0.25, 0.3) is 10.9 Å². The standard InChI is InChI=1S/C20H17F4N3O2S/c1-30(28,29)27-18-10-14(21)9-16-17(11-26-19(16)18)15(3-2-8-25)12-4-6-13(7-5-12)20(22,23)24/h4-7,9-11,15,26-27H,2-3H2,1H3. The van der Waals surface area contributed by atoms with Gasteiger partial charge in [0.25, 0.3) is 0 Å². The summed E-state index contributed by atoms with van der Waals surface area (Å²) < 4.78 is 78.3. The summed E-state index contributed by atoms with van der Waals surface area (Å²) in [6.45, 7) is 0. The van der Waals surface area contributed by atoms with Crippen molar-refractivity contribution in [3.05, 3.63) is 65.1 Å². The predicted octanol–water partition coefficient (Wildman–Crippen LogP) is 5.13. The summed E-state index contributed by atoms with van der Waals surface area (Å²) >= 11 is 0. The first kappa shape index (κ1) is 21.6. The summed E-state index contributed by atoms with van der Waals surface area (Å²) in [6.07, 6.45) is -1.57. The summed E-state index contributed by atoms with van der Waals surface area (Å²) in [5.74, 6) is -1.17. The SMILES string of the molecule is CS(=O)(=O)Nc1cc(F)cc2c(C(CCC#N)c3ccc(C(F)(F)F)cc3)c[nH]c12. The molecule has 0 aliphatic rings. The Kier molecular flexibility index (Phi) is 5.76. The van der Waals surface area contributed by atoms with Gasteiger partial charge < -0.3 is 4.98 Å². The van der Waals surface area contributed by atoms with E-state index in [-0.39, 0.29) is 12.1 Å². The molecule has 1 atom stereocenters. The van der Waals surface area contributed by atoms with Gasteiger partial charge in [-0.15, -0.1) is 0 Å². The van der Waals surface area contributed by atoms with Gasteiger partial charge in [-0.1, -0.05) is 12.1 Å². The quantitative estimate of drug-likeness (QED) is 0.522. The first-order chi connectivity index (χ1) is 14.0. The van der Waals surface area contributed by atoms with Crippen LogP contribution in [0.5, 0.6) is 0 Å². The number of fused-ring (bicyclic) bond motifs is 1. The largest absolute Gasteiger partial charge is 0.416 e. The van der Waals surface area contributed by atoms with Gasteiger partial charge in [-0.25, -0.2) is 12.8 Å². The Hall–Kier alpha value is -3.06.